The standard InChI is InChI=1S/C21H19ClN4O2/c1-13-24-17(19(25-13)14-9-10-18(22)23-12-14)8-4-5-11-26-20(27)15-6-2-3-7-16(15)21(26)28/h2-3,6-7,9-10,12H,4-5,8,11H2,1H3,(H,24,25). The third-order valence-corrected chi connectivity index (χ3v) is 5.06. The number of hydrogen-bond donors (Lipinski definition) is 1. The van der Waals surface area contributed by atoms with E-state index >= 15 is 0 Å². The number of hydrogen-bond acceptors (Lipinski definition) is 4. The number of H-pyrrole nitrogens is 1. The lowest BCUT2D eigenvalue weighted by Gasteiger charge is -2.13. The van der Waals surface area contributed by atoms with Crippen LogP contribution in [-0.2, 0) is 6.42 Å². The fourth-order valence-corrected chi connectivity index (χ4v) is 3.60. The highest BCUT2D eigenvalue weighted by atomic mass is 35.5. The van der Waals surface area contributed by atoms with Crippen molar-refractivity contribution in [3.63, 3.8) is 0 Å². The summed E-state index contributed by atoms with van der Waals surface area (Å²) in [6.45, 7) is 2.33. The molecule has 6 nitrogen and oxygen atoms in total. The summed E-state index contributed by atoms with van der Waals surface area (Å²) in [6, 6.07) is 10.6. The number of nitrogens with one attached hydrogen (secondary N) is 1. The van der Waals surface area contributed by atoms with Crippen LogP contribution in [0.3, 0.4) is 0 Å². The summed E-state index contributed by atoms with van der Waals surface area (Å²) in [6.07, 6.45) is 4.02. The molecule has 0 atom stereocenters. The molecule has 4 rings (SSSR count). The first kappa shape index (κ1) is 18.4. The van der Waals surface area contributed by atoms with Crippen molar-refractivity contribution in [1.29, 1.82) is 0 Å². The van der Waals surface area contributed by atoms with Gasteiger partial charge in [-0.1, -0.05) is 23.7 Å². The molecule has 3 aromatic rings. The molecule has 0 saturated heterocycles. The van der Waals surface area contributed by atoms with Crippen LogP contribution in [0.25, 0.3) is 11.3 Å². The minimum Gasteiger partial charge on any atom is -0.346 e. The van der Waals surface area contributed by atoms with E-state index in [1.165, 1.54) is 4.90 Å². The predicted octanol–water partition coefficient (Wildman–Crippen LogP) is 4.05. The molecule has 0 aliphatic carbocycles. The molecule has 28 heavy (non-hydrogen) atoms. The topological polar surface area (TPSA) is 79.0 Å². The van der Waals surface area contributed by atoms with Crippen LogP contribution in [0.1, 0.15) is 45.1 Å². The Bertz CT molecular complexity index is 1010. The van der Waals surface area contributed by atoms with Crippen LogP contribution in [0.15, 0.2) is 42.6 Å². The van der Waals surface area contributed by atoms with E-state index in [1.54, 1.807) is 36.5 Å². The van der Waals surface area contributed by atoms with Crippen LogP contribution in [-0.4, -0.2) is 38.2 Å². The normalized spacial score (nSPS) is 13.3. The third-order valence-electron chi connectivity index (χ3n) is 4.83. The minimum atomic E-state index is -0.203. The molecule has 0 fully saturated rings. The third kappa shape index (κ3) is 3.43. The second kappa shape index (κ2) is 7.56. The molecule has 0 bridgehead atoms. The van der Waals surface area contributed by atoms with Crippen molar-refractivity contribution < 1.29 is 9.59 Å². The number of nitrogens with zero attached hydrogens (tertiary/aromatic N) is 3. The number of amides is 2. The van der Waals surface area contributed by atoms with E-state index in [0.29, 0.717) is 22.8 Å². The fraction of sp³-hybridized carbons (Fsp3) is 0.238. The molecule has 0 saturated carbocycles. The summed E-state index contributed by atoms with van der Waals surface area (Å²) in [4.78, 5) is 38.1. The minimum absolute atomic E-state index is 0.203. The molecule has 7 heteroatoms. The summed E-state index contributed by atoms with van der Waals surface area (Å²) in [5, 5.41) is 0.443. The van der Waals surface area contributed by atoms with Crippen molar-refractivity contribution in [1.82, 2.24) is 19.9 Å². The van der Waals surface area contributed by atoms with Crippen molar-refractivity contribution in [2.24, 2.45) is 0 Å². The van der Waals surface area contributed by atoms with Gasteiger partial charge in [0.25, 0.3) is 11.8 Å². The molecule has 3 heterocycles. The maximum atomic E-state index is 12.4. The van der Waals surface area contributed by atoms with Crippen LogP contribution >= 0.6 is 11.6 Å². The van der Waals surface area contributed by atoms with Crippen LogP contribution in [0.2, 0.25) is 5.15 Å². The Balaban J connectivity index is 1.39. The average Bonchev–Trinajstić information content (AvgIpc) is 3.18. The Morgan fingerprint density at radius 1 is 1.04 bits per heavy atom. The number of pyridine rings is 1. The zero-order valence-corrected chi connectivity index (χ0v) is 16.2. The second-order valence-corrected chi connectivity index (χ2v) is 7.17. The second-order valence-electron chi connectivity index (χ2n) is 6.78. The predicted molar refractivity (Wildman–Crippen MR) is 106 cm³/mol. The van der Waals surface area contributed by atoms with Gasteiger partial charge in [-0.25, -0.2) is 9.97 Å². The van der Waals surface area contributed by atoms with E-state index in [2.05, 4.69) is 15.0 Å². The Hall–Kier alpha value is -2.99. The first-order chi connectivity index (χ1) is 13.5. The van der Waals surface area contributed by atoms with Gasteiger partial charge in [-0.05, 0) is 50.5 Å². The summed E-state index contributed by atoms with van der Waals surface area (Å²) in [5.74, 6) is 0.428. The van der Waals surface area contributed by atoms with Gasteiger partial charge in [-0.3, -0.25) is 14.5 Å². The molecule has 142 valence electrons. The van der Waals surface area contributed by atoms with Gasteiger partial charge in [0.1, 0.15) is 11.0 Å². The lowest BCUT2D eigenvalue weighted by molar-refractivity contribution is 0.0652. The molecule has 0 radical (unpaired) electrons. The zero-order valence-electron chi connectivity index (χ0n) is 15.4. The molecular formula is C21H19ClN4O2. The van der Waals surface area contributed by atoms with Gasteiger partial charge in [-0.15, -0.1) is 0 Å². The van der Waals surface area contributed by atoms with Gasteiger partial charge < -0.3 is 4.98 Å². The quantitative estimate of drug-likeness (QED) is 0.388. The van der Waals surface area contributed by atoms with Crippen molar-refractivity contribution >= 4 is 23.4 Å². The number of imidazole rings is 1. The maximum Gasteiger partial charge on any atom is 0.261 e. The smallest absolute Gasteiger partial charge is 0.261 e. The van der Waals surface area contributed by atoms with Gasteiger partial charge in [0, 0.05) is 24.0 Å². The van der Waals surface area contributed by atoms with E-state index in [4.69, 9.17) is 11.6 Å². The molecule has 2 amide bonds. The van der Waals surface area contributed by atoms with Crippen LogP contribution in [0.4, 0.5) is 0 Å². The summed E-state index contributed by atoms with van der Waals surface area (Å²) in [5.41, 5.74) is 3.78. The number of aromatic amines is 1. The number of fused-ring (bicyclic) bond motifs is 1. The van der Waals surface area contributed by atoms with Gasteiger partial charge in [-0.2, -0.15) is 0 Å². The number of aryl methyl sites for hydroxylation is 2. The molecule has 1 aliphatic rings. The highest BCUT2D eigenvalue weighted by Crippen LogP contribution is 2.25. The van der Waals surface area contributed by atoms with Gasteiger partial charge in [0.2, 0.25) is 0 Å². The number of imide groups is 1. The highest BCUT2D eigenvalue weighted by molar-refractivity contribution is 6.29. The Kier molecular flexibility index (Phi) is 4.96. The van der Waals surface area contributed by atoms with E-state index in [0.717, 1.165) is 42.0 Å². The van der Waals surface area contributed by atoms with Crippen molar-refractivity contribution in [3.8, 4) is 11.3 Å². The monoisotopic (exact) mass is 394 g/mol. The average molecular weight is 395 g/mol. The molecule has 0 unspecified atom stereocenters. The molecule has 1 N–H and O–H groups in total. The van der Waals surface area contributed by atoms with Crippen molar-refractivity contribution in [2.45, 2.75) is 26.2 Å². The molecule has 1 aromatic carbocycles. The molecule has 1 aliphatic heterocycles. The number of carbonyl (C=O) groups excluding carboxylic acids is 2. The first-order valence-corrected chi connectivity index (χ1v) is 9.55. The largest absolute Gasteiger partial charge is 0.346 e. The first-order valence-electron chi connectivity index (χ1n) is 9.17. The van der Waals surface area contributed by atoms with Crippen molar-refractivity contribution in [2.75, 3.05) is 6.54 Å². The molecule has 2 aromatic heterocycles. The summed E-state index contributed by atoms with van der Waals surface area (Å²) in [7, 11) is 0. The number of aromatic nitrogens is 3. The number of benzene rings is 1. The van der Waals surface area contributed by atoms with Gasteiger partial charge in [0.05, 0.1) is 16.8 Å². The number of halogens is 1. The van der Waals surface area contributed by atoms with E-state index < -0.39 is 0 Å². The number of unbranched alkanes of at least 4 members (excludes halogenated alkanes) is 1. The Morgan fingerprint density at radius 2 is 1.75 bits per heavy atom. The highest BCUT2D eigenvalue weighted by Gasteiger charge is 2.34. The lowest BCUT2D eigenvalue weighted by atomic mass is 10.1. The lowest BCUT2D eigenvalue weighted by Crippen LogP contribution is -2.30. The van der Waals surface area contributed by atoms with E-state index in [-0.39, 0.29) is 11.8 Å². The zero-order chi connectivity index (χ0) is 19.7. The number of carbonyl (C=O) groups is 2. The SMILES string of the molecule is Cc1nc(-c2ccc(Cl)nc2)c(CCCCN2C(=O)c3ccccc3C2=O)[nH]1. The van der Waals surface area contributed by atoms with Crippen LogP contribution in [0.5, 0.6) is 0 Å². The van der Waals surface area contributed by atoms with E-state index in [1.807, 2.05) is 13.0 Å². The van der Waals surface area contributed by atoms with E-state index in [9.17, 15) is 9.59 Å². The van der Waals surface area contributed by atoms with Gasteiger partial charge in [0.15, 0.2) is 0 Å². The Labute approximate surface area is 167 Å². The Morgan fingerprint density at radius 3 is 2.39 bits per heavy atom. The molecular weight excluding hydrogens is 376 g/mol. The number of rotatable bonds is 6. The maximum absolute atomic E-state index is 12.4. The van der Waals surface area contributed by atoms with Crippen molar-refractivity contribution in [3.05, 3.63) is 70.4 Å². The fourth-order valence-electron chi connectivity index (χ4n) is 3.49. The van der Waals surface area contributed by atoms with Gasteiger partial charge >= 0.3 is 0 Å². The summed E-state index contributed by atoms with van der Waals surface area (Å²) < 4.78 is 0. The molecule has 0 spiro atoms. The summed E-state index contributed by atoms with van der Waals surface area (Å²) >= 11 is 5.87. The van der Waals surface area contributed by atoms with Crippen LogP contribution < -0.4 is 0 Å². The van der Waals surface area contributed by atoms with Crippen LogP contribution in [0, 0.1) is 6.92 Å².